The summed E-state index contributed by atoms with van der Waals surface area (Å²) in [5.41, 5.74) is 1.22. The van der Waals surface area contributed by atoms with E-state index < -0.39 is 11.9 Å². The maximum atomic E-state index is 13.3. The van der Waals surface area contributed by atoms with Crippen LogP contribution in [0, 0.1) is 5.92 Å². The van der Waals surface area contributed by atoms with Crippen molar-refractivity contribution in [1.82, 2.24) is 4.90 Å². The number of nitrogens with zero attached hydrogens (tertiary/aromatic N) is 1. The van der Waals surface area contributed by atoms with Gasteiger partial charge in [-0.1, -0.05) is 38.1 Å². The van der Waals surface area contributed by atoms with Gasteiger partial charge in [0.05, 0.1) is 30.2 Å². The number of aliphatic hydroxyl groups excluding tert-OH is 1. The lowest BCUT2D eigenvalue weighted by molar-refractivity contribution is 0.0691. The van der Waals surface area contributed by atoms with E-state index in [4.69, 9.17) is 9.15 Å². The number of aliphatic hydroxyl groups is 1. The molecular formula is C24H25NO5. The second-order valence-electron chi connectivity index (χ2n) is 7.90. The molecular weight excluding hydrogens is 382 g/mol. The van der Waals surface area contributed by atoms with Crippen LogP contribution in [0.3, 0.4) is 0 Å². The Labute approximate surface area is 174 Å². The summed E-state index contributed by atoms with van der Waals surface area (Å²) in [4.78, 5) is 27.8. The van der Waals surface area contributed by atoms with Gasteiger partial charge in [-0.15, -0.1) is 0 Å². The standard InChI is InChI=1S/C24H25NO5/c1-15(2)10-13-29-17-7-5-6-16(14-17)21-20-22(27)18-8-3-4-9-19(18)30-23(20)24(28)25(21)11-12-26/h3-9,14-15,21,26H,10-13H2,1-2H3/t21-/m1/s1. The van der Waals surface area contributed by atoms with E-state index in [1.54, 1.807) is 24.3 Å². The second-order valence-corrected chi connectivity index (χ2v) is 7.90. The Kier molecular flexibility index (Phi) is 5.59. The van der Waals surface area contributed by atoms with E-state index >= 15 is 0 Å². The normalized spacial score (nSPS) is 15.8. The van der Waals surface area contributed by atoms with Gasteiger partial charge in [0.15, 0.2) is 5.43 Å². The fraction of sp³-hybridized carbons (Fsp3) is 0.333. The first-order valence-corrected chi connectivity index (χ1v) is 10.2. The third-order valence-electron chi connectivity index (χ3n) is 5.35. The Morgan fingerprint density at radius 1 is 1.13 bits per heavy atom. The van der Waals surface area contributed by atoms with Crippen molar-refractivity contribution in [3.63, 3.8) is 0 Å². The van der Waals surface area contributed by atoms with Gasteiger partial charge in [-0.05, 0) is 42.2 Å². The lowest BCUT2D eigenvalue weighted by Gasteiger charge is -2.24. The van der Waals surface area contributed by atoms with Crippen molar-refractivity contribution in [2.24, 2.45) is 5.92 Å². The molecule has 2 heterocycles. The van der Waals surface area contributed by atoms with Crippen molar-refractivity contribution in [2.45, 2.75) is 26.3 Å². The lowest BCUT2D eigenvalue weighted by Crippen LogP contribution is -2.32. The fourth-order valence-corrected chi connectivity index (χ4v) is 3.84. The topological polar surface area (TPSA) is 80.0 Å². The van der Waals surface area contributed by atoms with Gasteiger partial charge in [0.25, 0.3) is 5.91 Å². The number of hydrogen-bond donors (Lipinski definition) is 1. The second kappa shape index (κ2) is 8.32. The number of carbonyl (C=O) groups is 1. The minimum Gasteiger partial charge on any atom is -0.494 e. The zero-order chi connectivity index (χ0) is 21.3. The summed E-state index contributed by atoms with van der Waals surface area (Å²) >= 11 is 0. The van der Waals surface area contributed by atoms with Crippen molar-refractivity contribution >= 4 is 16.9 Å². The molecule has 0 saturated heterocycles. The first-order chi connectivity index (χ1) is 14.5. The average Bonchev–Trinajstić information content (AvgIpc) is 3.01. The van der Waals surface area contributed by atoms with Gasteiger partial charge >= 0.3 is 0 Å². The van der Waals surface area contributed by atoms with Gasteiger partial charge in [0, 0.05) is 6.54 Å². The number of amides is 1. The molecule has 30 heavy (non-hydrogen) atoms. The molecule has 1 aliphatic rings. The lowest BCUT2D eigenvalue weighted by atomic mass is 9.98. The Morgan fingerprint density at radius 3 is 2.70 bits per heavy atom. The quantitative estimate of drug-likeness (QED) is 0.645. The molecule has 0 unspecified atom stereocenters. The Morgan fingerprint density at radius 2 is 1.93 bits per heavy atom. The Hall–Kier alpha value is -3.12. The Balaban J connectivity index is 1.80. The molecule has 1 atom stereocenters. The molecule has 0 aliphatic carbocycles. The van der Waals surface area contributed by atoms with Crippen LogP contribution in [-0.4, -0.2) is 35.7 Å². The number of ether oxygens (including phenoxy) is 1. The highest BCUT2D eigenvalue weighted by Gasteiger charge is 2.42. The molecule has 0 spiro atoms. The molecule has 2 aromatic carbocycles. The molecule has 1 amide bonds. The summed E-state index contributed by atoms with van der Waals surface area (Å²) in [6.07, 6.45) is 0.932. The van der Waals surface area contributed by atoms with Gasteiger partial charge in [-0.25, -0.2) is 0 Å². The van der Waals surface area contributed by atoms with E-state index in [0.29, 0.717) is 34.8 Å². The van der Waals surface area contributed by atoms with Crippen LogP contribution in [0.4, 0.5) is 0 Å². The third kappa shape index (κ3) is 3.59. The summed E-state index contributed by atoms with van der Waals surface area (Å²) < 4.78 is 11.7. The van der Waals surface area contributed by atoms with Crippen molar-refractivity contribution in [2.75, 3.05) is 19.8 Å². The van der Waals surface area contributed by atoms with E-state index in [2.05, 4.69) is 13.8 Å². The molecule has 0 radical (unpaired) electrons. The number of para-hydroxylation sites is 1. The van der Waals surface area contributed by atoms with Crippen LogP contribution in [0.5, 0.6) is 5.75 Å². The van der Waals surface area contributed by atoms with Crippen LogP contribution in [-0.2, 0) is 0 Å². The van der Waals surface area contributed by atoms with Crippen molar-refractivity contribution in [3.05, 3.63) is 75.6 Å². The predicted octanol–water partition coefficient (Wildman–Crippen LogP) is 3.76. The SMILES string of the molecule is CC(C)CCOc1cccc([C@@H]2c3c(oc4ccccc4c3=O)C(=O)N2CCO)c1. The van der Waals surface area contributed by atoms with Gasteiger partial charge in [-0.2, -0.15) is 0 Å². The number of benzene rings is 2. The van der Waals surface area contributed by atoms with E-state index in [1.165, 1.54) is 4.90 Å². The molecule has 1 N–H and O–H groups in total. The molecule has 6 heteroatoms. The monoisotopic (exact) mass is 407 g/mol. The average molecular weight is 407 g/mol. The summed E-state index contributed by atoms with van der Waals surface area (Å²) in [6.45, 7) is 4.75. The summed E-state index contributed by atoms with van der Waals surface area (Å²) in [7, 11) is 0. The first-order valence-electron chi connectivity index (χ1n) is 10.2. The van der Waals surface area contributed by atoms with Crippen LogP contribution in [0.15, 0.2) is 57.7 Å². The zero-order valence-corrected chi connectivity index (χ0v) is 17.1. The number of rotatable bonds is 7. The molecule has 1 aliphatic heterocycles. The molecule has 156 valence electrons. The summed E-state index contributed by atoms with van der Waals surface area (Å²) in [5, 5.41) is 9.98. The van der Waals surface area contributed by atoms with Crippen LogP contribution in [0.2, 0.25) is 0 Å². The number of carbonyl (C=O) groups excluding carboxylic acids is 1. The van der Waals surface area contributed by atoms with Gasteiger partial charge in [0.2, 0.25) is 5.76 Å². The van der Waals surface area contributed by atoms with E-state index in [1.807, 2.05) is 24.3 Å². The van der Waals surface area contributed by atoms with Crippen LogP contribution in [0.25, 0.3) is 11.0 Å². The van der Waals surface area contributed by atoms with Crippen LogP contribution in [0.1, 0.15) is 48.0 Å². The molecule has 3 aromatic rings. The van der Waals surface area contributed by atoms with Crippen molar-refractivity contribution in [3.8, 4) is 5.75 Å². The minimum atomic E-state index is -0.630. The molecule has 4 rings (SSSR count). The molecule has 1 aromatic heterocycles. The maximum absolute atomic E-state index is 13.3. The smallest absolute Gasteiger partial charge is 0.290 e. The number of hydrogen-bond acceptors (Lipinski definition) is 5. The Bertz CT molecular complexity index is 1130. The van der Waals surface area contributed by atoms with E-state index in [9.17, 15) is 14.7 Å². The van der Waals surface area contributed by atoms with E-state index in [-0.39, 0.29) is 24.3 Å². The highest BCUT2D eigenvalue weighted by Crippen LogP contribution is 2.38. The predicted molar refractivity (Wildman–Crippen MR) is 114 cm³/mol. The van der Waals surface area contributed by atoms with Crippen molar-refractivity contribution < 1.29 is 19.1 Å². The molecule has 6 nitrogen and oxygen atoms in total. The zero-order valence-electron chi connectivity index (χ0n) is 17.1. The molecule has 0 bridgehead atoms. The highest BCUT2D eigenvalue weighted by atomic mass is 16.5. The summed E-state index contributed by atoms with van der Waals surface area (Å²) in [6, 6.07) is 13.7. The van der Waals surface area contributed by atoms with Gasteiger partial charge in [0.1, 0.15) is 11.3 Å². The largest absolute Gasteiger partial charge is 0.494 e. The fourth-order valence-electron chi connectivity index (χ4n) is 3.84. The van der Waals surface area contributed by atoms with Gasteiger partial charge < -0.3 is 19.2 Å². The summed E-state index contributed by atoms with van der Waals surface area (Å²) in [5.74, 6) is 0.870. The number of fused-ring (bicyclic) bond motifs is 2. The number of β-amino-alcohol motifs (C(OH)–C–C–N with tert-alkyl or cyclic N) is 1. The third-order valence-corrected chi connectivity index (χ3v) is 5.35. The first kappa shape index (κ1) is 20.2. The van der Waals surface area contributed by atoms with E-state index in [0.717, 1.165) is 12.0 Å². The molecule has 0 fully saturated rings. The van der Waals surface area contributed by atoms with Crippen LogP contribution < -0.4 is 10.2 Å². The van der Waals surface area contributed by atoms with Crippen LogP contribution >= 0.6 is 0 Å². The molecule has 0 saturated carbocycles. The van der Waals surface area contributed by atoms with Gasteiger partial charge in [-0.3, -0.25) is 9.59 Å². The highest BCUT2D eigenvalue weighted by molar-refractivity contribution is 5.99. The van der Waals surface area contributed by atoms with Crippen molar-refractivity contribution in [1.29, 1.82) is 0 Å². The maximum Gasteiger partial charge on any atom is 0.290 e. The minimum absolute atomic E-state index is 0.0447.